The molecule has 2 bridgehead atoms. The predicted molar refractivity (Wildman–Crippen MR) is 160 cm³/mol. The van der Waals surface area contributed by atoms with Gasteiger partial charge in [0, 0.05) is 58.0 Å². The summed E-state index contributed by atoms with van der Waals surface area (Å²) in [6, 6.07) is 5.48. The molecule has 4 atom stereocenters. The number of hydrogen-bond acceptors (Lipinski definition) is 8. The Morgan fingerprint density at radius 2 is 2.16 bits per heavy atom. The molecule has 2 unspecified atom stereocenters. The summed E-state index contributed by atoms with van der Waals surface area (Å²) in [5.41, 5.74) is -1.24. The van der Waals surface area contributed by atoms with Gasteiger partial charge in [0.1, 0.15) is 42.7 Å². The lowest BCUT2D eigenvalue weighted by molar-refractivity contribution is 0.107. The molecule has 226 valence electrons. The highest BCUT2D eigenvalue weighted by molar-refractivity contribution is 6.03. The number of phenols is 1. The number of piperazine rings is 1. The number of pyridine rings is 1. The van der Waals surface area contributed by atoms with E-state index in [2.05, 4.69) is 26.1 Å². The smallest absolute Gasteiger partial charge is 0.319 e. The van der Waals surface area contributed by atoms with Crippen LogP contribution in [0.1, 0.15) is 41.8 Å². The number of phenolic OH excluding ortho intramolecular Hbond substituents is 1. The molecule has 5 aliphatic heterocycles. The average Bonchev–Trinajstić information content (AvgIpc) is 3.53. The van der Waals surface area contributed by atoms with E-state index in [1.165, 1.54) is 35.4 Å². The maximum atomic E-state index is 16.9. The van der Waals surface area contributed by atoms with Crippen molar-refractivity contribution < 1.29 is 27.1 Å². The Labute approximate surface area is 256 Å². The van der Waals surface area contributed by atoms with Crippen LogP contribution < -0.4 is 15.0 Å². The number of ether oxygens (including phenoxy) is 1. The highest BCUT2D eigenvalue weighted by Crippen LogP contribution is 2.42. The van der Waals surface area contributed by atoms with Crippen molar-refractivity contribution in [1.29, 1.82) is 0 Å². The Hall–Kier alpha value is -4.14. The third-order valence-corrected chi connectivity index (χ3v) is 9.61. The third-order valence-electron chi connectivity index (χ3n) is 9.61. The van der Waals surface area contributed by atoms with E-state index in [1.54, 1.807) is 0 Å². The summed E-state index contributed by atoms with van der Waals surface area (Å²) in [6.07, 6.45) is 4.90. The number of piperidine rings is 2. The van der Waals surface area contributed by atoms with E-state index < -0.39 is 29.8 Å². The minimum absolute atomic E-state index is 0.0290. The summed E-state index contributed by atoms with van der Waals surface area (Å²) < 4.78 is 76.8. The van der Waals surface area contributed by atoms with Crippen LogP contribution in [-0.4, -0.2) is 81.5 Å². The van der Waals surface area contributed by atoms with Crippen LogP contribution in [0.3, 0.4) is 0 Å². The minimum Gasteiger partial charge on any atom is -0.508 e. The normalized spacial score (nSPS) is 28.4. The van der Waals surface area contributed by atoms with Crippen molar-refractivity contribution in [3.8, 4) is 35.3 Å². The van der Waals surface area contributed by atoms with E-state index in [1.807, 2.05) is 6.40 Å². The van der Waals surface area contributed by atoms with Crippen molar-refractivity contribution in [2.75, 3.05) is 37.6 Å². The first kappa shape index (κ1) is 24.2. The zero-order valence-corrected chi connectivity index (χ0v) is 23.7. The number of anilines is 1. The van der Waals surface area contributed by atoms with Gasteiger partial charge in [0.2, 0.25) is 0 Å². The van der Waals surface area contributed by atoms with E-state index >= 15 is 4.39 Å². The van der Waals surface area contributed by atoms with E-state index in [9.17, 15) is 13.9 Å². The Kier molecular flexibility index (Phi) is 5.62. The quantitative estimate of drug-likeness (QED) is 0.318. The van der Waals surface area contributed by atoms with Gasteiger partial charge in [0.15, 0.2) is 5.82 Å². The van der Waals surface area contributed by atoms with Gasteiger partial charge in [-0.15, -0.1) is 6.40 Å². The molecule has 5 saturated heterocycles. The van der Waals surface area contributed by atoms with E-state index in [0.29, 0.717) is 29.6 Å². The number of aromatic hydroxyl groups is 1. The summed E-state index contributed by atoms with van der Waals surface area (Å²) >= 11 is 0. The summed E-state index contributed by atoms with van der Waals surface area (Å²) in [5.74, 6) is 1.14. The van der Waals surface area contributed by atoms with Gasteiger partial charge in [-0.2, -0.15) is 9.97 Å². The van der Waals surface area contributed by atoms with Crippen LogP contribution in [0.2, 0.25) is 0 Å². The van der Waals surface area contributed by atoms with Crippen LogP contribution in [0.5, 0.6) is 11.8 Å². The average molecular weight is 604 g/mol. The maximum absolute atomic E-state index is 16.9. The Morgan fingerprint density at radius 3 is 2.95 bits per heavy atom. The number of nitrogens with zero attached hydrogens (tertiary/aromatic N) is 5. The van der Waals surface area contributed by atoms with E-state index in [0.717, 1.165) is 19.4 Å². The molecule has 7 heterocycles. The number of alkyl halides is 1. The molecule has 0 amide bonds. The molecule has 2 aromatic heterocycles. The summed E-state index contributed by atoms with van der Waals surface area (Å²) in [4.78, 5) is 17.4. The highest BCUT2D eigenvalue weighted by Gasteiger charge is 2.49. The number of nitrogens with one attached hydrogen (secondary N) is 1. The lowest BCUT2D eigenvalue weighted by Crippen LogP contribution is -2.61. The van der Waals surface area contributed by atoms with Crippen molar-refractivity contribution >= 4 is 27.5 Å². The number of rotatable bonds is 5. The molecule has 8 nitrogen and oxygen atoms in total. The van der Waals surface area contributed by atoms with Crippen LogP contribution in [0.25, 0.3) is 32.9 Å². The molecule has 44 heavy (non-hydrogen) atoms. The third kappa shape index (κ3) is 4.26. The highest BCUT2D eigenvalue weighted by atomic mass is 19.1. The van der Waals surface area contributed by atoms with Crippen molar-refractivity contribution in [3.63, 3.8) is 0 Å². The molecule has 2 aromatic carbocycles. The second kappa shape index (κ2) is 10.2. The maximum Gasteiger partial charge on any atom is 0.319 e. The molecule has 0 aliphatic carbocycles. The fraction of sp³-hybridized carbons (Fsp3) is 0.424. The van der Waals surface area contributed by atoms with Gasteiger partial charge < -0.3 is 20.1 Å². The number of terminal acetylenes is 1. The largest absolute Gasteiger partial charge is 0.508 e. The van der Waals surface area contributed by atoms with Crippen LogP contribution in [0.4, 0.5) is 19.0 Å². The topological polar surface area (TPSA) is 86.6 Å². The SMILES string of the molecule is [2H]C#Cc1c(F)ccc2cc(O)cc(-c3ncc4c(N5CC6CCC5CN6)nc(OC[C@]56CCC([2H])([2H])N5C[C@@H](F)C6)nc4c3F)c12. The molecule has 4 aromatic rings. The first-order valence-electron chi connectivity index (χ1n) is 16.4. The monoisotopic (exact) mass is 603 g/mol. The van der Waals surface area contributed by atoms with Crippen molar-refractivity contribution in [1.82, 2.24) is 25.2 Å². The van der Waals surface area contributed by atoms with Crippen molar-refractivity contribution in [2.24, 2.45) is 0 Å². The van der Waals surface area contributed by atoms with Crippen molar-refractivity contribution in [2.45, 2.75) is 55.9 Å². The zero-order chi connectivity index (χ0) is 32.7. The minimum atomic E-state index is -1.67. The lowest BCUT2D eigenvalue weighted by atomic mass is 9.92. The van der Waals surface area contributed by atoms with E-state index in [4.69, 9.17) is 13.8 Å². The summed E-state index contributed by atoms with van der Waals surface area (Å²) in [5, 5.41) is 15.0. The summed E-state index contributed by atoms with van der Waals surface area (Å²) in [6.45, 7) is -0.410. The van der Waals surface area contributed by atoms with Crippen LogP contribution in [0, 0.1) is 24.0 Å². The van der Waals surface area contributed by atoms with Gasteiger partial charge in [-0.05, 0) is 55.8 Å². The van der Waals surface area contributed by atoms with Gasteiger partial charge in [-0.3, -0.25) is 9.88 Å². The molecular formula is C33H31F3N6O2. The van der Waals surface area contributed by atoms with Gasteiger partial charge in [-0.1, -0.05) is 12.0 Å². The van der Waals surface area contributed by atoms with Gasteiger partial charge in [0.25, 0.3) is 0 Å². The first-order valence-corrected chi connectivity index (χ1v) is 14.9. The van der Waals surface area contributed by atoms with Gasteiger partial charge in [0.05, 0.1) is 16.5 Å². The molecule has 0 spiro atoms. The zero-order valence-electron chi connectivity index (χ0n) is 26.7. The second-order valence-corrected chi connectivity index (χ2v) is 12.2. The van der Waals surface area contributed by atoms with Gasteiger partial charge >= 0.3 is 6.01 Å². The molecule has 5 fully saturated rings. The van der Waals surface area contributed by atoms with Crippen molar-refractivity contribution in [3.05, 3.63) is 47.7 Å². The second-order valence-electron chi connectivity index (χ2n) is 12.2. The number of aromatic nitrogens is 3. The molecule has 11 heteroatoms. The number of fused-ring (bicyclic) bond motifs is 6. The molecule has 0 radical (unpaired) electrons. The molecule has 9 rings (SSSR count). The molecule has 2 N–H and O–H groups in total. The number of benzene rings is 2. The standard InChI is InChI=1S/C33H31F3N6O2/c1-2-23-26(35)7-4-18-10-22(43)11-24(27(18)23)29-28(36)30-25(14-38-29)31(42-16-20-5-6-21(42)13-37-20)40-32(39-30)44-17-33-8-3-9-41(33)15-19(34)12-33/h1,4,7,10-11,14,19-21,37,43H,3,5-6,8-9,12-13,15-17H2/t19-,20?,21?,33+/m0/s1/i1D,9D2. The Balaban J connectivity index is 1.28. The molecular weight excluding hydrogens is 569 g/mol. The predicted octanol–water partition coefficient (Wildman–Crippen LogP) is 4.71. The van der Waals surface area contributed by atoms with E-state index in [-0.39, 0.29) is 77.6 Å². The van der Waals surface area contributed by atoms with Gasteiger partial charge in [-0.25, -0.2) is 13.2 Å². The number of hydrogen-bond donors (Lipinski definition) is 2. The fourth-order valence-electron chi connectivity index (χ4n) is 7.47. The Morgan fingerprint density at radius 1 is 1.25 bits per heavy atom. The number of halogens is 3. The fourth-order valence-corrected chi connectivity index (χ4v) is 7.47. The first-order chi connectivity index (χ1) is 22.6. The van der Waals surface area contributed by atoms with Crippen LogP contribution in [-0.2, 0) is 0 Å². The summed E-state index contributed by atoms with van der Waals surface area (Å²) in [7, 11) is 0. The Bertz CT molecular complexity index is 2000. The van der Waals surface area contributed by atoms with Crippen LogP contribution >= 0.6 is 0 Å². The lowest BCUT2D eigenvalue weighted by Gasteiger charge is -2.46. The molecule has 0 saturated carbocycles. The van der Waals surface area contributed by atoms with Crippen LogP contribution in [0.15, 0.2) is 30.5 Å². The molecule has 5 aliphatic rings.